The summed E-state index contributed by atoms with van der Waals surface area (Å²) >= 11 is 6.06. The Bertz CT molecular complexity index is 1090. The van der Waals surface area contributed by atoms with E-state index in [-0.39, 0.29) is 23.1 Å². The molecule has 3 fully saturated rings. The number of pyridine rings is 1. The minimum absolute atomic E-state index is 0.0302. The second kappa shape index (κ2) is 7.28. The molecule has 6 rings (SSSR count). The van der Waals surface area contributed by atoms with Crippen LogP contribution in [-0.2, 0) is 11.3 Å². The van der Waals surface area contributed by atoms with Gasteiger partial charge in [0.2, 0.25) is 0 Å². The summed E-state index contributed by atoms with van der Waals surface area (Å²) in [5.41, 5.74) is 2.01. The first-order valence-corrected chi connectivity index (χ1v) is 9.96. The summed E-state index contributed by atoms with van der Waals surface area (Å²) in [6, 6.07) is 10.5. The highest BCUT2D eigenvalue weighted by Crippen LogP contribution is 2.31. The zero-order valence-electron chi connectivity index (χ0n) is 15.6. The number of hydrogen-bond acceptors (Lipinski definition) is 4. The summed E-state index contributed by atoms with van der Waals surface area (Å²) < 4.78 is 19.4. The first-order valence-electron chi connectivity index (χ1n) is 9.58. The number of morpholine rings is 1. The van der Waals surface area contributed by atoms with Crippen LogP contribution >= 0.6 is 11.6 Å². The first-order chi connectivity index (χ1) is 14.1. The molecule has 5 nitrogen and oxygen atoms in total. The number of nitrogens with zero attached hydrogens (tertiary/aromatic N) is 2. The van der Waals surface area contributed by atoms with Crippen molar-refractivity contribution in [2.45, 2.75) is 25.2 Å². The van der Waals surface area contributed by atoms with Crippen molar-refractivity contribution in [3.8, 4) is 0 Å². The van der Waals surface area contributed by atoms with Gasteiger partial charge in [0.1, 0.15) is 5.82 Å². The van der Waals surface area contributed by atoms with Gasteiger partial charge in [-0.2, -0.15) is 0 Å². The van der Waals surface area contributed by atoms with E-state index in [4.69, 9.17) is 16.3 Å². The molecule has 0 spiro atoms. The Morgan fingerprint density at radius 3 is 2.76 bits per heavy atom. The second-order valence-electron chi connectivity index (χ2n) is 7.48. The minimum atomic E-state index is -0.472. The van der Waals surface area contributed by atoms with Crippen molar-refractivity contribution in [2.75, 3.05) is 18.4 Å². The quantitative estimate of drug-likeness (QED) is 0.697. The van der Waals surface area contributed by atoms with Gasteiger partial charge in [-0.05, 0) is 17.7 Å². The van der Waals surface area contributed by atoms with Crippen LogP contribution in [0.4, 0.5) is 10.1 Å². The van der Waals surface area contributed by atoms with E-state index in [2.05, 4.69) is 10.3 Å². The maximum absolute atomic E-state index is 13.7. The van der Waals surface area contributed by atoms with Gasteiger partial charge < -0.3 is 15.0 Å². The van der Waals surface area contributed by atoms with Crippen LogP contribution < -0.4 is 5.32 Å². The molecule has 7 heteroatoms. The van der Waals surface area contributed by atoms with E-state index in [0.717, 1.165) is 22.8 Å². The summed E-state index contributed by atoms with van der Waals surface area (Å²) in [7, 11) is 0. The molecule has 1 amide bonds. The number of ether oxygens (including phenoxy) is 1. The minimum Gasteiger partial charge on any atom is -0.380 e. The number of benzene rings is 2. The Hall–Kier alpha value is -2.70. The van der Waals surface area contributed by atoms with E-state index in [1.807, 2.05) is 23.1 Å². The van der Waals surface area contributed by atoms with Gasteiger partial charge in [-0.1, -0.05) is 35.9 Å². The zero-order valence-corrected chi connectivity index (χ0v) is 16.3. The van der Waals surface area contributed by atoms with Gasteiger partial charge in [0.15, 0.2) is 0 Å². The van der Waals surface area contributed by atoms with Gasteiger partial charge in [0, 0.05) is 49.2 Å². The molecule has 3 aromatic rings. The fourth-order valence-corrected chi connectivity index (χ4v) is 4.34. The lowest BCUT2D eigenvalue weighted by Crippen LogP contribution is -2.58. The van der Waals surface area contributed by atoms with Crippen molar-refractivity contribution >= 4 is 34.0 Å². The Kier molecular flexibility index (Phi) is 4.60. The SMILES string of the molecule is O=C(c1cncc2cccc(CNc3cccc(F)c3Cl)c12)N1CC2CC(C1)O2. The van der Waals surface area contributed by atoms with Crippen molar-refractivity contribution in [3.05, 3.63) is 70.8 Å². The predicted octanol–water partition coefficient (Wildman–Crippen LogP) is 4.25. The number of carbonyl (C=O) groups excluding carboxylic acids is 1. The lowest BCUT2D eigenvalue weighted by atomic mass is 9.96. The molecule has 148 valence electrons. The van der Waals surface area contributed by atoms with Crippen LogP contribution in [0.3, 0.4) is 0 Å². The van der Waals surface area contributed by atoms with E-state index in [9.17, 15) is 9.18 Å². The van der Waals surface area contributed by atoms with Gasteiger partial charge in [0.05, 0.1) is 28.5 Å². The van der Waals surface area contributed by atoms with Gasteiger partial charge in [-0.3, -0.25) is 9.78 Å². The molecule has 0 radical (unpaired) electrons. The van der Waals surface area contributed by atoms with E-state index < -0.39 is 5.82 Å². The van der Waals surface area contributed by atoms with Crippen LogP contribution in [0, 0.1) is 5.82 Å². The summed E-state index contributed by atoms with van der Waals surface area (Å²) in [6.45, 7) is 1.63. The molecule has 4 heterocycles. The number of nitrogens with one attached hydrogen (secondary N) is 1. The summed E-state index contributed by atoms with van der Waals surface area (Å²) in [5, 5.41) is 4.98. The third-order valence-corrected chi connectivity index (χ3v) is 5.95. The van der Waals surface area contributed by atoms with E-state index in [0.29, 0.717) is 30.9 Å². The maximum Gasteiger partial charge on any atom is 0.256 e. The molecule has 1 aromatic heterocycles. The highest BCUT2D eigenvalue weighted by atomic mass is 35.5. The van der Waals surface area contributed by atoms with Crippen molar-refractivity contribution in [2.24, 2.45) is 0 Å². The van der Waals surface area contributed by atoms with Gasteiger partial charge in [-0.25, -0.2) is 4.39 Å². The number of amides is 1. The molecule has 3 aliphatic rings. The monoisotopic (exact) mass is 411 g/mol. The van der Waals surface area contributed by atoms with Crippen LogP contribution in [0.15, 0.2) is 48.8 Å². The fourth-order valence-electron chi connectivity index (χ4n) is 4.14. The predicted molar refractivity (Wildman–Crippen MR) is 110 cm³/mol. The molecule has 29 heavy (non-hydrogen) atoms. The Morgan fingerprint density at radius 2 is 1.97 bits per heavy atom. The van der Waals surface area contributed by atoms with E-state index >= 15 is 0 Å². The Balaban J connectivity index is 1.48. The van der Waals surface area contributed by atoms with Crippen LogP contribution in [0.5, 0.6) is 0 Å². The molecule has 2 bridgehead atoms. The molecular formula is C22H19ClFN3O2. The molecule has 3 aliphatic heterocycles. The first kappa shape index (κ1) is 18.3. The second-order valence-corrected chi connectivity index (χ2v) is 7.86. The normalized spacial score (nSPS) is 20.4. The van der Waals surface area contributed by atoms with Crippen LogP contribution in [0.1, 0.15) is 22.3 Å². The highest BCUT2D eigenvalue weighted by Gasteiger charge is 2.40. The summed E-state index contributed by atoms with van der Waals surface area (Å²) in [6.07, 6.45) is 4.71. The Labute approximate surface area is 172 Å². The standard InChI is InChI=1S/C22H19ClFN3O2/c23-21-18(24)5-2-6-19(21)26-9-14-4-1-3-13-8-25-10-17(20(13)14)22(28)27-11-15-7-16(12-27)29-15/h1-6,8,10,15-16,26H,7,9,11-12H2. The lowest BCUT2D eigenvalue weighted by molar-refractivity contribution is -0.171. The molecule has 0 saturated carbocycles. The Morgan fingerprint density at radius 1 is 1.21 bits per heavy atom. The summed E-state index contributed by atoms with van der Waals surface area (Å²) in [4.78, 5) is 19.4. The van der Waals surface area contributed by atoms with Crippen molar-refractivity contribution in [1.82, 2.24) is 9.88 Å². The molecule has 3 saturated heterocycles. The fraction of sp³-hybridized carbons (Fsp3) is 0.273. The van der Waals surface area contributed by atoms with Crippen LogP contribution in [0.25, 0.3) is 10.8 Å². The number of rotatable bonds is 4. The van der Waals surface area contributed by atoms with Crippen LogP contribution in [0.2, 0.25) is 5.02 Å². The van der Waals surface area contributed by atoms with Gasteiger partial charge in [-0.15, -0.1) is 0 Å². The smallest absolute Gasteiger partial charge is 0.256 e. The number of anilines is 1. The molecule has 2 atom stereocenters. The van der Waals surface area contributed by atoms with Crippen LogP contribution in [-0.4, -0.2) is 41.1 Å². The van der Waals surface area contributed by atoms with E-state index in [1.54, 1.807) is 24.5 Å². The molecular weight excluding hydrogens is 393 g/mol. The average Bonchev–Trinajstić information content (AvgIpc) is 2.73. The number of carbonyl (C=O) groups is 1. The van der Waals surface area contributed by atoms with E-state index in [1.165, 1.54) is 6.07 Å². The molecule has 1 N–H and O–H groups in total. The van der Waals surface area contributed by atoms with Crippen molar-refractivity contribution < 1.29 is 13.9 Å². The maximum atomic E-state index is 13.7. The zero-order chi connectivity index (χ0) is 20.0. The van der Waals surface area contributed by atoms with Crippen molar-refractivity contribution in [3.63, 3.8) is 0 Å². The number of fused-ring (bicyclic) bond motifs is 3. The lowest BCUT2D eigenvalue weighted by Gasteiger charge is -2.47. The van der Waals surface area contributed by atoms with Gasteiger partial charge in [0.25, 0.3) is 5.91 Å². The number of piperidine rings is 1. The molecule has 2 unspecified atom stereocenters. The average molecular weight is 412 g/mol. The van der Waals surface area contributed by atoms with Gasteiger partial charge >= 0.3 is 0 Å². The van der Waals surface area contributed by atoms with Crippen molar-refractivity contribution in [1.29, 1.82) is 0 Å². The number of aromatic nitrogens is 1. The third-order valence-electron chi connectivity index (χ3n) is 5.57. The topological polar surface area (TPSA) is 54.5 Å². The largest absolute Gasteiger partial charge is 0.380 e. The molecule has 2 aromatic carbocycles. The third kappa shape index (κ3) is 3.32. The molecule has 0 aliphatic carbocycles. The number of hydrogen-bond donors (Lipinski definition) is 1. The summed E-state index contributed by atoms with van der Waals surface area (Å²) in [5.74, 6) is -0.502. The number of halogens is 2. The highest BCUT2D eigenvalue weighted by molar-refractivity contribution is 6.33.